The highest BCUT2D eigenvalue weighted by molar-refractivity contribution is 5.07. The SMILES string of the molecule is CC(C)(C)C1CC=C(CCC2OCCCO2)CC1. The number of rotatable bonds is 3. The smallest absolute Gasteiger partial charge is 0.157 e. The lowest BCUT2D eigenvalue weighted by molar-refractivity contribution is -0.180. The standard InChI is InChI=1S/C16H28O2/c1-16(2,3)14-8-5-13(6-9-14)7-10-15-17-11-4-12-18-15/h5,14-15H,4,6-12H2,1-3H3. The lowest BCUT2D eigenvalue weighted by Crippen LogP contribution is -2.25. The highest BCUT2D eigenvalue weighted by atomic mass is 16.7. The van der Waals surface area contributed by atoms with Crippen molar-refractivity contribution in [1.29, 1.82) is 0 Å². The van der Waals surface area contributed by atoms with Gasteiger partial charge in [-0.2, -0.15) is 0 Å². The van der Waals surface area contributed by atoms with Gasteiger partial charge in [0.25, 0.3) is 0 Å². The average Bonchev–Trinajstić information content (AvgIpc) is 2.37. The second-order valence-electron chi connectivity index (χ2n) is 6.76. The molecule has 0 aromatic rings. The lowest BCUT2D eigenvalue weighted by atomic mass is 9.73. The molecular formula is C16H28O2. The predicted molar refractivity (Wildman–Crippen MR) is 74.4 cm³/mol. The van der Waals surface area contributed by atoms with Crippen LogP contribution in [0.5, 0.6) is 0 Å². The molecule has 0 saturated carbocycles. The van der Waals surface area contributed by atoms with Crippen LogP contribution in [0.3, 0.4) is 0 Å². The number of hydrogen-bond donors (Lipinski definition) is 0. The molecule has 0 aromatic heterocycles. The van der Waals surface area contributed by atoms with Gasteiger partial charge >= 0.3 is 0 Å². The second kappa shape index (κ2) is 6.21. The Hall–Kier alpha value is -0.340. The van der Waals surface area contributed by atoms with Gasteiger partial charge in [-0.25, -0.2) is 0 Å². The maximum absolute atomic E-state index is 5.59. The largest absolute Gasteiger partial charge is 0.353 e. The molecule has 0 aromatic carbocycles. The van der Waals surface area contributed by atoms with Crippen LogP contribution in [0.25, 0.3) is 0 Å². The summed E-state index contributed by atoms with van der Waals surface area (Å²) in [5.74, 6) is 0.850. The first-order valence-corrected chi connectivity index (χ1v) is 7.47. The quantitative estimate of drug-likeness (QED) is 0.697. The third-order valence-electron chi connectivity index (χ3n) is 4.33. The summed E-state index contributed by atoms with van der Waals surface area (Å²) in [6.07, 6.45) is 9.64. The number of allylic oxidation sites excluding steroid dienone is 2. The van der Waals surface area contributed by atoms with Crippen molar-refractivity contribution >= 4 is 0 Å². The van der Waals surface area contributed by atoms with Crippen LogP contribution in [0.2, 0.25) is 0 Å². The Balaban J connectivity index is 1.73. The fourth-order valence-electron chi connectivity index (χ4n) is 2.91. The van der Waals surface area contributed by atoms with Crippen LogP contribution in [0.1, 0.15) is 59.3 Å². The molecule has 1 aliphatic carbocycles. The summed E-state index contributed by atoms with van der Waals surface area (Å²) in [6.45, 7) is 8.83. The molecule has 1 atom stereocenters. The lowest BCUT2D eigenvalue weighted by Gasteiger charge is -2.33. The Morgan fingerprint density at radius 1 is 1.22 bits per heavy atom. The van der Waals surface area contributed by atoms with Crippen molar-refractivity contribution in [2.45, 2.75) is 65.6 Å². The minimum atomic E-state index is 0.0555. The summed E-state index contributed by atoms with van der Waals surface area (Å²) in [5.41, 5.74) is 2.07. The Labute approximate surface area is 112 Å². The van der Waals surface area contributed by atoms with Gasteiger partial charge < -0.3 is 9.47 Å². The fraction of sp³-hybridized carbons (Fsp3) is 0.875. The van der Waals surface area contributed by atoms with Gasteiger partial charge in [-0.3, -0.25) is 0 Å². The highest BCUT2D eigenvalue weighted by Gasteiger charge is 2.26. The summed E-state index contributed by atoms with van der Waals surface area (Å²) in [4.78, 5) is 0. The van der Waals surface area contributed by atoms with Gasteiger partial charge in [0.05, 0.1) is 13.2 Å². The van der Waals surface area contributed by atoms with Gasteiger partial charge in [0.15, 0.2) is 6.29 Å². The van der Waals surface area contributed by atoms with Crippen LogP contribution in [-0.2, 0) is 9.47 Å². The molecule has 0 bridgehead atoms. The molecular weight excluding hydrogens is 224 g/mol. The van der Waals surface area contributed by atoms with E-state index in [-0.39, 0.29) is 6.29 Å². The second-order valence-corrected chi connectivity index (χ2v) is 6.76. The first-order chi connectivity index (χ1) is 8.55. The van der Waals surface area contributed by atoms with Crippen LogP contribution in [0, 0.1) is 11.3 Å². The van der Waals surface area contributed by atoms with Crippen molar-refractivity contribution in [3.05, 3.63) is 11.6 Å². The van der Waals surface area contributed by atoms with Crippen molar-refractivity contribution < 1.29 is 9.47 Å². The molecule has 1 saturated heterocycles. The molecule has 1 aliphatic heterocycles. The maximum Gasteiger partial charge on any atom is 0.157 e. The maximum atomic E-state index is 5.59. The first-order valence-electron chi connectivity index (χ1n) is 7.47. The van der Waals surface area contributed by atoms with Crippen molar-refractivity contribution in [2.24, 2.45) is 11.3 Å². The minimum absolute atomic E-state index is 0.0555. The Bertz CT molecular complexity index is 282. The van der Waals surface area contributed by atoms with E-state index >= 15 is 0 Å². The summed E-state index contributed by atoms with van der Waals surface area (Å²) in [5, 5.41) is 0. The van der Waals surface area contributed by atoms with Gasteiger partial charge in [-0.1, -0.05) is 32.4 Å². The Morgan fingerprint density at radius 3 is 2.50 bits per heavy atom. The van der Waals surface area contributed by atoms with E-state index in [0.29, 0.717) is 5.41 Å². The van der Waals surface area contributed by atoms with E-state index in [9.17, 15) is 0 Å². The molecule has 104 valence electrons. The molecule has 1 unspecified atom stereocenters. The van der Waals surface area contributed by atoms with E-state index in [4.69, 9.17) is 9.47 Å². The van der Waals surface area contributed by atoms with Gasteiger partial charge in [0.1, 0.15) is 0 Å². The zero-order valence-corrected chi connectivity index (χ0v) is 12.2. The van der Waals surface area contributed by atoms with E-state index in [1.165, 1.54) is 19.3 Å². The van der Waals surface area contributed by atoms with E-state index in [2.05, 4.69) is 26.8 Å². The predicted octanol–water partition coefficient (Wildman–Crippen LogP) is 4.30. The van der Waals surface area contributed by atoms with E-state index in [1.807, 2.05) is 0 Å². The molecule has 2 aliphatic rings. The van der Waals surface area contributed by atoms with Crippen molar-refractivity contribution in [2.75, 3.05) is 13.2 Å². The van der Waals surface area contributed by atoms with E-state index in [1.54, 1.807) is 5.57 Å². The molecule has 0 spiro atoms. The monoisotopic (exact) mass is 252 g/mol. The summed E-state index contributed by atoms with van der Waals surface area (Å²) in [6, 6.07) is 0. The molecule has 18 heavy (non-hydrogen) atoms. The summed E-state index contributed by atoms with van der Waals surface area (Å²) in [7, 11) is 0. The van der Waals surface area contributed by atoms with E-state index < -0.39 is 0 Å². The summed E-state index contributed by atoms with van der Waals surface area (Å²) < 4.78 is 11.2. The normalized spacial score (nSPS) is 27.1. The third kappa shape index (κ3) is 4.10. The molecule has 0 radical (unpaired) electrons. The highest BCUT2D eigenvalue weighted by Crippen LogP contribution is 2.38. The van der Waals surface area contributed by atoms with Crippen LogP contribution in [-0.4, -0.2) is 19.5 Å². The van der Waals surface area contributed by atoms with Gasteiger partial charge in [0, 0.05) is 6.42 Å². The molecule has 1 heterocycles. The van der Waals surface area contributed by atoms with Crippen molar-refractivity contribution in [3.63, 3.8) is 0 Å². The van der Waals surface area contributed by atoms with Gasteiger partial charge in [-0.05, 0) is 43.4 Å². The first kappa shape index (κ1) is 14.1. The topological polar surface area (TPSA) is 18.5 Å². The molecule has 2 nitrogen and oxygen atoms in total. The molecule has 0 N–H and O–H groups in total. The van der Waals surface area contributed by atoms with Crippen molar-refractivity contribution in [3.8, 4) is 0 Å². The van der Waals surface area contributed by atoms with Crippen LogP contribution < -0.4 is 0 Å². The Kier molecular flexibility index (Phi) is 4.85. The van der Waals surface area contributed by atoms with Crippen molar-refractivity contribution in [1.82, 2.24) is 0 Å². The zero-order chi connectivity index (χ0) is 13.0. The number of ether oxygens (including phenoxy) is 2. The third-order valence-corrected chi connectivity index (χ3v) is 4.33. The minimum Gasteiger partial charge on any atom is -0.353 e. The summed E-state index contributed by atoms with van der Waals surface area (Å²) >= 11 is 0. The van der Waals surface area contributed by atoms with Gasteiger partial charge in [-0.15, -0.1) is 0 Å². The molecule has 2 heteroatoms. The zero-order valence-electron chi connectivity index (χ0n) is 12.2. The van der Waals surface area contributed by atoms with Crippen LogP contribution in [0.4, 0.5) is 0 Å². The van der Waals surface area contributed by atoms with Crippen LogP contribution in [0.15, 0.2) is 11.6 Å². The fourth-order valence-corrected chi connectivity index (χ4v) is 2.91. The number of hydrogen-bond acceptors (Lipinski definition) is 2. The Morgan fingerprint density at radius 2 is 1.94 bits per heavy atom. The average molecular weight is 252 g/mol. The molecule has 1 fully saturated rings. The molecule has 2 rings (SSSR count). The van der Waals surface area contributed by atoms with Crippen LogP contribution >= 0.6 is 0 Å². The van der Waals surface area contributed by atoms with Gasteiger partial charge in [0.2, 0.25) is 0 Å². The molecule has 0 amide bonds. The van der Waals surface area contributed by atoms with E-state index in [0.717, 1.165) is 38.4 Å².